The van der Waals surface area contributed by atoms with Crippen molar-refractivity contribution < 1.29 is 9.72 Å². The summed E-state index contributed by atoms with van der Waals surface area (Å²) in [6.45, 7) is 0.605. The van der Waals surface area contributed by atoms with E-state index in [9.17, 15) is 14.9 Å². The third-order valence-corrected chi connectivity index (χ3v) is 2.00. The largest absolute Gasteiger partial charge is 0.351 e. The number of halogens is 1. The Morgan fingerprint density at radius 3 is 2.75 bits per heavy atom. The smallest absolute Gasteiger partial charge is 0.271 e. The molecular weight excluding hydrogens is 234 g/mol. The molecule has 7 heteroatoms. The van der Waals surface area contributed by atoms with Gasteiger partial charge in [0.05, 0.1) is 4.92 Å². The lowest BCUT2D eigenvalue weighted by molar-refractivity contribution is -0.384. The van der Waals surface area contributed by atoms with E-state index in [1.54, 1.807) is 0 Å². The van der Waals surface area contributed by atoms with Crippen molar-refractivity contribution in [3.63, 3.8) is 0 Å². The van der Waals surface area contributed by atoms with Gasteiger partial charge in [-0.1, -0.05) is 11.6 Å². The first-order chi connectivity index (χ1) is 7.54. The molecular formula is C9H10ClN3O3. The minimum atomic E-state index is -0.606. The molecule has 0 aliphatic carbocycles. The molecule has 0 atom stereocenters. The zero-order chi connectivity index (χ0) is 12.1. The Bertz CT molecular complexity index is 422. The van der Waals surface area contributed by atoms with Gasteiger partial charge < -0.3 is 11.1 Å². The lowest BCUT2D eigenvalue weighted by Gasteiger charge is -2.03. The van der Waals surface area contributed by atoms with Crippen LogP contribution in [0.4, 0.5) is 5.69 Å². The van der Waals surface area contributed by atoms with E-state index in [1.165, 1.54) is 12.1 Å². The molecule has 1 aromatic rings. The quantitative estimate of drug-likeness (QED) is 0.607. The molecule has 0 spiro atoms. The summed E-state index contributed by atoms with van der Waals surface area (Å²) in [5.41, 5.74) is 5.14. The van der Waals surface area contributed by atoms with Gasteiger partial charge in [0, 0.05) is 35.8 Å². The summed E-state index contributed by atoms with van der Waals surface area (Å²) in [7, 11) is 0. The van der Waals surface area contributed by atoms with Crippen molar-refractivity contribution in [3.05, 3.63) is 38.9 Å². The van der Waals surface area contributed by atoms with E-state index < -0.39 is 10.8 Å². The van der Waals surface area contributed by atoms with Crippen LogP contribution >= 0.6 is 11.6 Å². The highest BCUT2D eigenvalue weighted by Gasteiger charge is 2.13. The van der Waals surface area contributed by atoms with E-state index in [0.717, 1.165) is 6.07 Å². The highest BCUT2D eigenvalue weighted by molar-refractivity contribution is 6.31. The number of amides is 1. The van der Waals surface area contributed by atoms with Crippen LogP contribution < -0.4 is 11.1 Å². The molecule has 0 fully saturated rings. The van der Waals surface area contributed by atoms with Gasteiger partial charge in [-0.3, -0.25) is 14.9 Å². The Labute approximate surface area is 96.5 Å². The van der Waals surface area contributed by atoms with Crippen LogP contribution in [0.3, 0.4) is 0 Å². The first-order valence-corrected chi connectivity index (χ1v) is 4.85. The number of nitro groups is 1. The maximum absolute atomic E-state index is 11.5. The Kier molecular flexibility index (Phi) is 4.21. The van der Waals surface area contributed by atoms with E-state index in [4.69, 9.17) is 17.3 Å². The molecule has 0 bridgehead atoms. The third-order valence-electron chi connectivity index (χ3n) is 1.79. The van der Waals surface area contributed by atoms with Crippen molar-refractivity contribution in [2.45, 2.75) is 0 Å². The van der Waals surface area contributed by atoms with Gasteiger partial charge in [0.1, 0.15) is 0 Å². The van der Waals surface area contributed by atoms with Crippen LogP contribution in [-0.2, 0) is 0 Å². The molecule has 16 heavy (non-hydrogen) atoms. The molecule has 0 heterocycles. The first-order valence-electron chi connectivity index (χ1n) is 4.48. The standard InChI is InChI=1S/C9H10ClN3O3/c10-7-3-6(9(14)12-2-1-11)4-8(5-7)13(15)16/h3-5H,1-2,11H2,(H,12,14). The van der Waals surface area contributed by atoms with Gasteiger partial charge in [-0.05, 0) is 6.07 Å². The number of non-ortho nitro benzene ring substituents is 1. The SMILES string of the molecule is NCCNC(=O)c1cc(Cl)cc([N+](=O)[O-])c1. The molecule has 1 rings (SSSR count). The second-order valence-corrected chi connectivity index (χ2v) is 3.44. The van der Waals surface area contributed by atoms with Gasteiger partial charge in [-0.25, -0.2) is 0 Å². The fourth-order valence-electron chi connectivity index (χ4n) is 1.10. The summed E-state index contributed by atoms with van der Waals surface area (Å²) in [5, 5.41) is 13.2. The van der Waals surface area contributed by atoms with Crippen LogP contribution in [-0.4, -0.2) is 23.9 Å². The van der Waals surface area contributed by atoms with Gasteiger partial charge in [0.25, 0.3) is 11.6 Å². The Morgan fingerprint density at radius 2 is 2.19 bits per heavy atom. The van der Waals surface area contributed by atoms with Crippen LogP contribution in [0.25, 0.3) is 0 Å². The Balaban J connectivity index is 2.95. The number of rotatable bonds is 4. The highest BCUT2D eigenvalue weighted by Crippen LogP contribution is 2.20. The van der Waals surface area contributed by atoms with Crippen molar-refractivity contribution in [2.24, 2.45) is 5.73 Å². The van der Waals surface area contributed by atoms with E-state index in [1.807, 2.05) is 0 Å². The lowest BCUT2D eigenvalue weighted by atomic mass is 10.2. The van der Waals surface area contributed by atoms with Gasteiger partial charge in [-0.2, -0.15) is 0 Å². The number of nitrogens with two attached hydrogens (primary N) is 1. The molecule has 0 saturated heterocycles. The molecule has 1 amide bonds. The molecule has 0 unspecified atom stereocenters. The number of benzene rings is 1. The van der Waals surface area contributed by atoms with Crippen molar-refractivity contribution in [3.8, 4) is 0 Å². The second-order valence-electron chi connectivity index (χ2n) is 3.00. The lowest BCUT2D eigenvalue weighted by Crippen LogP contribution is -2.29. The number of nitrogens with zero attached hydrogens (tertiary/aromatic N) is 1. The molecule has 86 valence electrons. The van der Waals surface area contributed by atoms with Gasteiger partial charge in [0.2, 0.25) is 0 Å². The molecule has 0 saturated carbocycles. The summed E-state index contributed by atoms with van der Waals surface area (Å²) in [5.74, 6) is -0.434. The number of carbonyl (C=O) groups is 1. The maximum Gasteiger partial charge on any atom is 0.271 e. The van der Waals surface area contributed by atoms with Crippen LogP contribution in [0.5, 0.6) is 0 Å². The zero-order valence-corrected chi connectivity index (χ0v) is 9.03. The predicted octanol–water partition coefficient (Wildman–Crippen LogP) is 0.937. The summed E-state index contributed by atoms with van der Waals surface area (Å²) in [6.07, 6.45) is 0. The molecule has 3 N–H and O–H groups in total. The Morgan fingerprint density at radius 1 is 1.50 bits per heavy atom. The van der Waals surface area contributed by atoms with Crippen molar-refractivity contribution in [1.82, 2.24) is 5.32 Å². The van der Waals surface area contributed by atoms with Gasteiger partial charge in [-0.15, -0.1) is 0 Å². The van der Waals surface area contributed by atoms with E-state index >= 15 is 0 Å². The second kappa shape index (κ2) is 5.43. The fourth-order valence-corrected chi connectivity index (χ4v) is 1.33. The van der Waals surface area contributed by atoms with Crippen LogP contribution in [0, 0.1) is 10.1 Å². The zero-order valence-electron chi connectivity index (χ0n) is 8.27. The van der Waals surface area contributed by atoms with Crippen LogP contribution in [0.2, 0.25) is 5.02 Å². The number of nitrogens with one attached hydrogen (secondary N) is 1. The van der Waals surface area contributed by atoms with E-state index in [-0.39, 0.29) is 16.3 Å². The third kappa shape index (κ3) is 3.18. The summed E-state index contributed by atoms with van der Waals surface area (Å²) in [4.78, 5) is 21.4. The van der Waals surface area contributed by atoms with Crippen LogP contribution in [0.1, 0.15) is 10.4 Å². The fraction of sp³-hybridized carbons (Fsp3) is 0.222. The molecule has 0 aliphatic rings. The monoisotopic (exact) mass is 243 g/mol. The number of nitro benzene ring substituents is 1. The van der Waals surface area contributed by atoms with Gasteiger partial charge >= 0.3 is 0 Å². The maximum atomic E-state index is 11.5. The number of hydrogen-bond acceptors (Lipinski definition) is 4. The van der Waals surface area contributed by atoms with Crippen LogP contribution in [0.15, 0.2) is 18.2 Å². The average Bonchev–Trinajstić information content (AvgIpc) is 2.24. The molecule has 0 aromatic heterocycles. The van der Waals surface area contributed by atoms with E-state index in [0.29, 0.717) is 13.1 Å². The molecule has 1 aromatic carbocycles. The van der Waals surface area contributed by atoms with E-state index in [2.05, 4.69) is 5.32 Å². The number of carbonyl (C=O) groups excluding carboxylic acids is 1. The molecule has 0 radical (unpaired) electrons. The predicted molar refractivity (Wildman–Crippen MR) is 59.5 cm³/mol. The topological polar surface area (TPSA) is 98.3 Å². The summed E-state index contributed by atoms with van der Waals surface area (Å²) < 4.78 is 0. The Hall–Kier alpha value is -1.66. The normalized spacial score (nSPS) is 9.88. The average molecular weight is 244 g/mol. The highest BCUT2D eigenvalue weighted by atomic mass is 35.5. The van der Waals surface area contributed by atoms with Gasteiger partial charge in [0.15, 0.2) is 0 Å². The minimum absolute atomic E-state index is 0.145. The summed E-state index contributed by atoms with van der Waals surface area (Å²) in [6, 6.07) is 3.71. The molecule has 6 nitrogen and oxygen atoms in total. The molecule has 0 aliphatic heterocycles. The first kappa shape index (κ1) is 12.4. The van der Waals surface area contributed by atoms with Crippen molar-refractivity contribution in [2.75, 3.05) is 13.1 Å². The number of hydrogen-bond donors (Lipinski definition) is 2. The minimum Gasteiger partial charge on any atom is -0.351 e. The van der Waals surface area contributed by atoms with Crippen molar-refractivity contribution >= 4 is 23.2 Å². The summed E-state index contributed by atoms with van der Waals surface area (Å²) >= 11 is 5.66. The van der Waals surface area contributed by atoms with Crippen molar-refractivity contribution in [1.29, 1.82) is 0 Å².